The number of guanidine groups is 1. The van der Waals surface area contributed by atoms with Crippen molar-refractivity contribution in [1.29, 1.82) is 0 Å². The van der Waals surface area contributed by atoms with E-state index in [-0.39, 0.29) is 24.6 Å². The molecule has 24 heavy (non-hydrogen) atoms. The number of nitrogens with zero attached hydrogens (tertiary/aromatic N) is 2. The Kier molecular flexibility index (Phi) is 7.06. The Morgan fingerprint density at radius 1 is 1.38 bits per heavy atom. The minimum atomic E-state index is -0.0272. The maximum Gasteiger partial charge on any atom is 0.243 e. The molecule has 1 aliphatic heterocycles. The van der Waals surface area contributed by atoms with Crippen LogP contribution >= 0.6 is 0 Å². The van der Waals surface area contributed by atoms with Crippen LogP contribution in [0.25, 0.3) is 0 Å². The van der Waals surface area contributed by atoms with Crippen LogP contribution in [0.15, 0.2) is 35.3 Å². The summed E-state index contributed by atoms with van der Waals surface area (Å²) in [7, 11) is 3.47. The standard InChI is InChI=1S/C18H28N4O2/c1-14(15-8-5-4-6-9-15)21-18(20-13-17(23)22(2)3)19-12-16-10-7-11-24-16/h4-6,8-9,14,16H,7,10-13H2,1-3H3,(H2,19,20,21). The highest BCUT2D eigenvalue weighted by Crippen LogP contribution is 2.12. The lowest BCUT2D eigenvalue weighted by atomic mass is 10.1. The second-order valence-electron chi connectivity index (χ2n) is 6.25. The summed E-state index contributed by atoms with van der Waals surface area (Å²) in [5.41, 5.74) is 1.17. The topological polar surface area (TPSA) is 66.0 Å². The molecule has 1 heterocycles. The van der Waals surface area contributed by atoms with Crippen molar-refractivity contribution < 1.29 is 9.53 Å². The number of benzene rings is 1. The maximum absolute atomic E-state index is 11.8. The summed E-state index contributed by atoms with van der Waals surface area (Å²) in [6.07, 6.45) is 2.38. The molecule has 2 atom stereocenters. The van der Waals surface area contributed by atoms with Crippen molar-refractivity contribution in [1.82, 2.24) is 15.5 Å². The van der Waals surface area contributed by atoms with E-state index in [9.17, 15) is 4.79 Å². The van der Waals surface area contributed by atoms with E-state index in [1.54, 1.807) is 19.0 Å². The molecule has 1 aromatic rings. The Labute approximate surface area is 144 Å². The Morgan fingerprint density at radius 3 is 2.75 bits per heavy atom. The van der Waals surface area contributed by atoms with Crippen molar-refractivity contribution in [3.05, 3.63) is 35.9 Å². The molecule has 1 amide bonds. The lowest BCUT2D eigenvalue weighted by molar-refractivity contribution is -0.127. The van der Waals surface area contributed by atoms with Gasteiger partial charge in [-0.15, -0.1) is 0 Å². The second-order valence-corrected chi connectivity index (χ2v) is 6.25. The Bertz CT molecular complexity index is 539. The van der Waals surface area contributed by atoms with Crippen LogP contribution in [0.1, 0.15) is 31.4 Å². The van der Waals surface area contributed by atoms with Crippen molar-refractivity contribution in [3.8, 4) is 0 Å². The molecule has 0 aliphatic carbocycles. The quantitative estimate of drug-likeness (QED) is 0.613. The van der Waals surface area contributed by atoms with Crippen molar-refractivity contribution >= 4 is 11.9 Å². The third kappa shape index (κ3) is 5.85. The molecule has 1 saturated heterocycles. The van der Waals surface area contributed by atoms with E-state index in [0.29, 0.717) is 12.5 Å². The van der Waals surface area contributed by atoms with Crippen LogP contribution in [0.3, 0.4) is 0 Å². The zero-order valence-electron chi connectivity index (χ0n) is 14.8. The van der Waals surface area contributed by atoms with Crippen molar-refractivity contribution in [2.24, 2.45) is 4.99 Å². The first-order valence-electron chi connectivity index (χ1n) is 8.48. The number of aliphatic imine (C=N–C) groups is 1. The predicted octanol–water partition coefficient (Wildman–Crippen LogP) is 1.55. The first-order chi connectivity index (χ1) is 11.6. The number of carbonyl (C=O) groups is 1. The molecule has 0 saturated carbocycles. The van der Waals surface area contributed by atoms with Gasteiger partial charge in [-0.05, 0) is 25.3 Å². The lowest BCUT2D eigenvalue weighted by Crippen LogP contribution is -2.42. The van der Waals surface area contributed by atoms with E-state index in [4.69, 9.17) is 4.74 Å². The van der Waals surface area contributed by atoms with Crippen LogP contribution in [0.2, 0.25) is 0 Å². The van der Waals surface area contributed by atoms with Crippen LogP contribution < -0.4 is 10.6 Å². The van der Waals surface area contributed by atoms with E-state index in [1.807, 2.05) is 18.2 Å². The minimum absolute atomic E-state index is 0.0272. The molecule has 1 aliphatic rings. The summed E-state index contributed by atoms with van der Waals surface area (Å²) >= 11 is 0. The summed E-state index contributed by atoms with van der Waals surface area (Å²) in [6.45, 7) is 3.72. The van der Waals surface area contributed by atoms with Gasteiger partial charge < -0.3 is 20.3 Å². The van der Waals surface area contributed by atoms with Gasteiger partial charge in [0.25, 0.3) is 0 Å². The molecule has 0 aromatic heterocycles. The van der Waals surface area contributed by atoms with Gasteiger partial charge in [0.1, 0.15) is 6.54 Å². The van der Waals surface area contributed by atoms with Gasteiger partial charge in [-0.25, -0.2) is 4.99 Å². The number of hydrogen-bond acceptors (Lipinski definition) is 3. The van der Waals surface area contributed by atoms with Crippen molar-refractivity contribution in [2.75, 3.05) is 33.8 Å². The van der Waals surface area contributed by atoms with Gasteiger partial charge in [0.05, 0.1) is 12.1 Å². The summed E-state index contributed by atoms with van der Waals surface area (Å²) in [5, 5.41) is 6.66. The number of rotatable bonds is 6. The zero-order chi connectivity index (χ0) is 17.4. The summed E-state index contributed by atoms with van der Waals surface area (Å²) in [4.78, 5) is 17.8. The average Bonchev–Trinajstić information content (AvgIpc) is 3.11. The number of hydrogen-bond donors (Lipinski definition) is 2. The summed E-state index contributed by atoms with van der Waals surface area (Å²) in [5.74, 6) is 0.609. The maximum atomic E-state index is 11.8. The van der Waals surface area contributed by atoms with Crippen LogP contribution in [-0.4, -0.2) is 56.7 Å². The molecular formula is C18H28N4O2. The van der Waals surface area contributed by atoms with Gasteiger partial charge in [0.2, 0.25) is 5.91 Å². The first kappa shape index (κ1) is 18.3. The molecule has 1 aromatic carbocycles. The zero-order valence-corrected chi connectivity index (χ0v) is 14.8. The third-order valence-corrected chi connectivity index (χ3v) is 4.05. The summed E-state index contributed by atoms with van der Waals surface area (Å²) < 4.78 is 5.64. The molecule has 132 valence electrons. The van der Waals surface area contributed by atoms with Gasteiger partial charge in [0.15, 0.2) is 5.96 Å². The molecular weight excluding hydrogens is 304 g/mol. The molecule has 0 bridgehead atoms. The lowest BCUT2D eigenvalue weighted by Gasteiger charge is -2.20. The van der Waals surface area contributed by atoms with E-state index >= 15 is 0 Å². The van der Waals surface area contributed by atoms with Gasteiger partial charge in [-0.2, -0.15) is 0 Å². The number of likely N-dealkylation sites (N-methyl/N-ethyl adjacent to an activating group) is 1. The number of ether oxygens (including phenoxy) is 1. The molecule has 1 fully saturated rings. The van der Waals surface area contributed by atoms with Gasteiger partial charge in [0, 0.05) is 27.2 Å². The molecule has 0 spiro atoms. The number of carbonyl (C=O) groups excluding carboxylic acids is 1. The summed E-state index contributed by atoms with van der Waals surface area (Å²) in [6, 6.07) is 10.3. The minimum Gasteiger partial charge on any atom is -0.376 e. The highest BCUT2D eigenvalue weighted by molar-refractivity contribution is 5.85. The highest BCUT2D eigenvalue weighted by Gasteiger charge is 2.16. The first-order valence-corrected chi connectivity index (χ1v) is 8.48. The fraction of sp³-hybridized carbons (Fsp3) is 0.556. The fourth-order valence-corrected chi connectivity index (χ4v) is 2.49. The normalized spacial score (nSPS) is 19.0. The van der Waals surface area contributed by atoms with Crippen molar-refractivity contribution in [2.45, 2.75) is 31.9 Å². The molecule has 0 radical (unpaired) electrons. The van der Waals surface area contributed by atoms with Gasteiger partial charge >= 0.3 is 0 Å². The van der Waals surface area contributed by atoms with Crippen LogP contribution in [0, 0.1) is 0 Å². The van der Waals surface area contributed by atoms with Gasteiger partial charge in [-0.1, -0.05) is 30.3 Å². The fourth-order valence-electron chi connectivity index (χ4n) is 2.49. The monoisotopic (exact) mass is 332 g/mol. The van der Waals surface area contributed by atoms with Crippen molar-refractivity contribution in [3.63, 3.8) is 0 Å². The predicted molar refractivity (Wildman–Crippen MR) is 96.0 cm³/mol. The van der Waals surface area contributed by atoms with E-state index in [2.05, 4.69) is 34.7 Å². The molecule has 2 N–H and O–H groups in total. The number of nitrogens with one attached hydrogen (secondary N) is 2. The number of amides is 1. The molecule has 6 nitrogen and oxygen atoms in total. The second kappa shape index (κ2) is 9.27. The largest absolute Gasteiger partial charge is 0.376 e. The Balaban J connectivity index is 1.97. The molecule has 2 unspecified atom stereocenters. The SMILES string of the molecule is CC(NC(=NCC(=O)N(C)C)NCC1CCCO1)c1ccccc1. The van der Waals surface area contributed by atoms with E-state index in [0.717, 1.165) is 19.4 Å². The van der Waals surface area contributed by atoms with Crippen LogP contribution in [0.4, 0.5) is 0 Å². The van der Waals surface area contributed by atoms with E-state index < -0.39 is 0 Å². The molecule has 2 rings (SSSR count). The van der Waals surface area contributed by atoms with Crippen LogP contribution in [-0.2, 0) is 9.53 Å². The smallest absolute Gasteiger partial charge is 0.243 e. The Morgan fingerprint density at radius 2 is 2.12 bits per heavy atom. The Hall–Kier alpha value is -2.08. The third-order valence-electron chi connectivity index (χ3n) is 4.05. The van der Waals surface area contributed by atoms with Gasteiger partial charge in [-0.3, -0.25) is 4.79 Å². The van der Waals surface area contributed by atoms with E-state index in [1.165, 1.54) is 5.56 Å². The average molecular weight is 332 g/mol. The van der Waals surface area contributed by atoms with Crippen LogP contribution in [0.5, 0.6) is 0 Å². The molecule has 6 heteroatoms. The highest BCUT2D eigenvalue weighted by atomic mass is 16.5.